The predicted octanol–water partition coefficient (Wildman–Crippen LogP) is -5.97. The maximum atomic E-state index is 15.6. The molecule has 8 aromatic rings. The van der Waals surface area contributed by atoms with Gasteiger partial charge in [0, 0.05) is 77.3 Å². The fraction of sp³-hybridized carbons (Fsp3) is 0.658. The van der Waals surface area contributed by atoms with E-state index in [0.29, 0.717) is 11.4 Å². The number of nitrogen functional groups attached to an aromatic ring is 3. The number of aliphatic hydroxyl groups excluding tert-OH is 1. The van der Waals surface area contributed by atoms with Gasteiger partial charge in [0.1, 0.15) is 129 Å². The first kappa shape index (κ1) is 114. The van der Waals surface area contributed by atoms with E-state index in [1.165, 1.54) is 61.9 Å². The summed E-state index contributed by atoms with van der Waals surface area (Å²) in [7, 11) is -5.91. The van der Waals surface area contributed by atoms with Crippen LogP contribution in [0.1, 0.15) is 79.5 Å². The van der Waals surface area contributed by atoms with Crippen molar-refractivity contribution in [1.82, 2.24) is 77.2 Å². The number of aromatic amines is 4. The lowest BCUT2D eigenvalue weighted by molar-refractivity contribution is -0.241. The topological polar surface area (TPSA) is 848 Å². The molecule has 148 heavy (non-hydrogen) atoms. The number of hydrogen-bond acceptors (Lipinski definition) is 57. The Balaban J connectivity index is 0.724. The highest BCUT2D eigenvalue weighted by Gasteiger charge is 2.57. The Morgan fingerprint density at radius 3 is 1.29 bits per heavy atom. The molecule has 72 heteroatoms. The van der Waals surface area contributed by atoms with E-state index in [9.17, 15) is 43.6 Å². The van der Waals surface area contributed by atoms with Crippen LogP contribution in [0.3, 0.4) is 0 Å². The van der Waals surface area contributed by atoms with E-state index < -0.39 is 287 Å². The van der Waals surface area contributed by atoms with Crippen molar-refractivity contribution in [3.8, 4) is 0 Å². The standard InChI is InChI=1S/C76H112N23O41P5S3/c1-10-36-37(21-43(130-36)97-30-82-44-58(78)85-71(79)87-59(44)97)136-143(112,146)128-28-41-49(53(121-17-12-116-6)67(133-41)95-23-34(3)62(101)92-75(95)106)138-141(108,109)125-26-39-48(54(122-18-13-117-7)69(134-39)98-31-83-45-60(98)88-72(80)90-64(45)103)137-142(110,111)126-27-40-50(55(123-19-14-118-8)68(132-40)96-24-35(4)63(102)93-76(96)107)139-145(114,148)129-29-42-51(56(124-20-15-119-9)70(135-42)99-32-84-46-61(99)89-73(81)91-65(46)104)140-144(113,147)127-25-38-47(100)52(120-16-11-115-5)66(131-38)94-22-33(2)57(77)86-74(94)105/h22-24,30-32,36-43,47-56,66-71,87,100H,10-21,25-29,79H2,1-9H3,(H2,78,85)(H,108,109)(H,110,111)(H,112,146)(H,113,147)(H,114,148)(H2,77,86,105)(H,92,101,106)(H,93,102,107)(H3,80,88,90,103)(H3,81,89,91,104)/p-5/t36-,37?,38-,39-,40-,41-,42-,43-,47?,48?,49?,50?,51?,52+,53+,54+,55+,56+,66-,67-,68-,69-,70-,71?,143?,144?,145?/m1/s1. The van der Waals surface area contributed by atoms with Gasteiger partial charge in [-0.15, -0.1) is 0 Å². The molecule has 15 rings (SSSR count). The lowest BCUT2D eigenvalue weighted by Crippen LogP contribution is -2.42. The van der Waals surface area contributed by atoms with E-state index >= 15 is 28.4 Å². The maximum absolute atomic E-state index is 15.6. The Hall–Kier alpha value is -8.12. The molecule has 6 saturated heterocycles. The van der Waals surface area contributed by atoms with Gasteiger partial charge in [0.05, 0.1) is 130 Å². The first-order valence-corrected chi connectivity index (χ1v) is 55.6. The van der Waals surface area contributed by atoms with Gasteiger partial charge in [0.15, 0.2) is 72.4 Å². The van der Waals surface area contributed by atoms with Crippen molar-refractivity contribution >= 4 is 123 Å². The summed E-state index contributed by atoms with van der Waals surface area (Å²) in [6, 6.07) is 0. The van der Waals surface area contributed by atoms with E-state index in [-0.39, 0.29) is 110 Å². The highest BCUT2D eigenvalue weighted by Crippen LogP contribution is 2.57. The molecule has 0 radical (unpaired) electrons. The Kier molecular flexibility index (Phi) is 37.5. The summed E-state index contributed by atoms with van der Waals surface area (Å²) in [5.41, 5.74) is 22.7. The molecule has 0 amide bonds. The number of hydrogen-bond donors (Lipinski definition) is 11. The highest BCUT2D eigenvalue weighted by molar-refractivity contribution is 8.32. The SMILES string of the molecule is CC[C@H]1O[C@@H](n2cnc3c2NC(N)N=C3N)CC1OP([O-])(=S)OC[C@H]1O[C@@H](n2cc(C)c(=O)[nH]c2=O)[C@@H](OCCOC)C1OP(=O)([O-])OC[C@H]1O[C@@H](n2cnc3c(=O)[nH]c(N)nc32)[C@@H](OCCOC)C1OP(=O)([O-])OC[C@H]1O[C@@H](n2cc(C)c(=O)[nH]c2=O)[C@@H](OCCOC)C1OP(=O)([S-])OC[C@H]1O[C@@H](n2cnc3c(=O)[nH]c(N)nc32)[C@@H](OCCOC)C1OP([O-])(=S)OC[C@H]1O[C@@H](n2cc(C)c(N)nc2=O)[C@@H](OCCOC)C1O. The van der Waals surface area contributed by atoms with Crippen molar-refractivity contribution in [2.45, 2.75) is 188 Å². The zero-order valence-corrected chi connectivity index (χ0v) is 86.7. The molecule has 0 spiro atoms. The third kappa shape index (κ3) is 26.4. The third-order valence-corrected chi connectivity index (χ3v) is 30.5. The van der Waals surface area contributed by atoms with Gasteiger partial charge in [0.25, 0.3) is 37.9 Å². The number of aryl methyl sites for hydroxylation is 3. The minimum atomic E-state index is -6.28. The number of amidine groups is 1. The van der Waals surface area contributed by atoms with Crippen LogP contribution in [0.25, 0.3) is 22.3 Å². The number of nitrogens with zero attached hydrogens (tertiary/aromatic N) is 13. The van der Waals surface area contributed by atoms with Crippen molar-refractivity contribution in [2.75, 3.05) is 157 Å². The predicted molar refractivity (Wildman–Crippen MR) is 505 cm³/mol. The molecule has 6 fully saturated rings. The number of H-pyrrole nitrogens is 4. The number of nitrogens with one attached hydrogen (secondary N) is 5. The lowest BCUT2D eigenvalue weighted by Gasteiger charge is -2.36. The number of phosphoric ester groups is 2. The maximum Gasteiger partial charge on any atom is 0.351 e. The van der Waals surface area contributed by atoms with E-state index in [0.717, 1.165) is 47.9 Å². The minimum Gasteiger partial charge on any atom is -0.780 e. The van der Waals surface area contributed by atoms with E-state index in [4.69, 9.17) is 186 Å². The molecule has 8 aromatic heterocycles. The van der Waals surface area contributed by atoms with Crippen LogP contribution in [0.5, 0.6) is 0 Å². The fourth-order valence-corrected chi connectivity index (χ4v) is 23.2. The van der Waals surface area contributed by atoms with Crippen LogP contribution in [0, 0.1) is 20.8 Å². The van der Waals surface area contributed by atoms with Crippen LogP contribution in [-0.4, -0.2) is 333 Å². The highest BCUT2D eigenvalue weighted by atomic mass is 32.7. The number of aromatic nitrogens is 16. The van der Waals surface area contributed by atoms with Crippen molar-refractivity contribution in [2.24, 2.45) is 16.5 Å². The molecule has 64 nitrogen and oxygen atoms in total. The summed E-state index contributed by atoms with van der Waals surface area (Å²) < 4.78 is 207. The summed E-state index contributed by atoms with van der Waals surface area (Å²) in [4.78, 5) is 192. The van der Waals surface area contributed by atoms with Crippen molar-refractivity contribution in [3.63, 3.8) is 0 Å². The van der Waals surface area contributed by atoms with Gasteiger partial charge >= 0.3 is 17.1 Å². The summed E-state index contributed by atoms with van der Waals surface area (Å²) in [5.74, 6) is -0.617. The molecule has 0 aliphatic carbocycles. The second-order valence-electron chi connectivity index (χ2n) is 33.8. The van der Waals surface area contributed by atoms with Gasteiger partial charge in [-0.2, -0.15) is 15.0 Å². The van der Waals surface area contributed by atoms with Crippen molar-refractivity contribution in [1.29, 1.82) is 0 Å². The minimum absolute atomic E-state index is 0.00854. The number of aliphatic hydroxyl groups is 1. The molecule has 0 saturated carbocycles. The number of methoxy groups -OCH3 is 5. The number of rotatable bonds is 52. The molecule has 0 aromatic carbocycles. The normalized spacial score (nSPS) is 29.7. The summed E-state index contributed by atoms with van der Waals surface area (Å²) in [6.45, 7) is -17.9. The van der Waals surface area contributed by atoms with Gasteiger partial charge in [-0.1, -0.05) is 30.5 Å². The monoisotopic (exact) mass is 2250 g/mol. The van der Waals surface area contributed by atoms with Crippen LogP contribution in [-0.2, 0) is 171 Å². The second-order valence-corrected chi connectivity index (χ2v) is 44.7. The molecule has 7 aliphatic heterocycles. The molecule has 15 heterocycles. The van der Waals surface area contributed by atoms with Crippen molar-refractivity contribution < 1.29 is 159 Å². The van der Waals surface area contributed by atoms with Crippen LogP contribution < -0.4 is 92.9 Å². The molecular weight excluding hydrogens is 2140 g/mol. The number of phosphoric acid groups is 2. The molecule has 16 N–H and O–H groups in total. The first-order valence-electron chi connectivity index (χ1n) is 45.1. The zero-order valence-electron chi connectivity index (χ0n) is 79.8. The Bertz CT molecular complexity index is 6760. The van der Waals surface area contributed by atoms with Crippen molar-refractivity contribution in [3.05, 3.63) is 133 Å². The number of aliphatic imine (C=N–C) groups is 1. The molecule has 0 bridgehead atoms. The van der Waals surface area contributed by atoms with Gasteiger partial charge in [-0.05, 0) is 27.2 Å². The van der Waals surface area contributed by atoms with Gasteiger partial charge < -0.3 is 186 Å². The first-order chi connectivity index (χ1) is 70.3. The number of anilines is 4. The number of ether oxygens (including phenoxy) is 16. The van der Waals surface area contributed by atoms with Crippen LogP contribution in [0.2, 0.25) is 0 Å². The average molecular weight is 2250 g/mol. The molecule has 7 aliphatic rings. The Labute approximate surface area is 850 Å². The molecule has 820 valence electrons. The summed E-state index contributed by atoms with van der Waals surface area (Å²) >= 11 is 16.7. The number of nitrogens with two attached hydrogens (primary N) is 5. The van der Waals surface area contributed by atoms with E-state index in [2.05, 4.69) is 60.1 Å². The van der Waals surface area contributed by atoms with Crippen LogP contribution >= 0.6 is 35.9 Å². The van der Waals surface area contributed by atoms with Gasteiger partial charge in [-0.3, -0.25) is 85.9 Å². The van der Waals surface area contributed by atoms with Gasteiger partial charge in [0.2, 0.25) is 11.9 Å². The van der Waals surface area contributed by atoms with E-state index in [1.807, 2.05) is 0 Å². The summed E-state index contributed by atoms with van der Waals surface area (Å²) in [5, 5.41) is 14.8. The Morgan fingerprint density at radius 1 is 0.453 bits per heavy atom. The molecular formula is C76H107N23O41P5S3-5. The third-order valence-electron chi connectivity index (χ3n) is 23.9. The molecule has 29 atom stereocenters. The van der Waals surface area contributed by atoms with Gasteiger partial charge in [-0.25, -0.2) is 34.3 Å². The smallest absolute Gasteiger partial charge is 0.351 e. The lowest BCUT2D eigenvalue weighted by atomic mass is 10.1. The Morgan fingerprint density at radius 2 is 0.838 bits per heavy atom. The largest absolute Gasteiger partial charge is 0.780 e. The zero-order chi connectivity index (χ0) is 107. The number of imidazole rings is 3. The number of fused-ring (bicyclic) bond motifs is 3. The van der Waals surface area contributed by atoms with Crippen LogP contribution in [0.15, 0.2) is 76.1 Å². The average Bonchev–Trinajstić information content (AvgIpc) is 1.61. The summed E-state index contributed by atoms with van der Waals surface area (Å²) in [6.07, 6.45) is -33.1. The molecule has 12 unspecified atom stereocenters. The van der Waals surface area contributed by atoms with E-state index in [1.54, 1.807) is 18.4 Å². The fourth-order valence-electron chi connectivity index (χ4n) is 17.0. The second kappa shape index (κ2) is 48.7. The van der Waals surface area contributed by atoms with Crippen LogP contribution in [0.4, 0.5) is 23.5 Å². The quantitative estimate of drug-likeness (QED) is 0.00960.